The number of hydrogen-bond donors (Lipinski definition) is 2. The monoisotopic (exact) mass is 435 g/mol. The van der Waals surface area contributed by atoms with Crippen LogP contribution >= 0.6 is 0 Å². The molecule has 1 aromatic heterocycles. The summed E-state index contributed by atoms with van der Waals surface area (Å²) in [6.45, 7) is 4.61. The van der Waals surface area contributed by atoms with Gasteiger partial charge >= 0.3 is 0 Å². The van der Waals surface area contributed by atoms with E-state index in [1.54, 1.807) is 23.3 Å². The van der Waals surface area contributed by atoms with Gasteiger partial charge in [0.1, 0.15) is 11.8 Å². The van der Waals surface area contributed by atoms with E-state index in [0.717, 1.165) is 24.2 Å². The fourth-order valence-electron chi connectivity index (χ4n) is 4.27. The summed E-state index contributed by atoms with van der Waals surface area (Å²) < 4.78 is 5.72. The zero-order valence-electron chi connectivity index (χ0n) is 18.5. The number of carbonyl (C=O) groups excluding carboxylic acids is 3. The number of hydrogen-bond acceptors (Lipinski definition) is 5. The molecule has 4 rings (SSSR count). The molecule has 0 spiro atoms. The van der Waals surface area contributed by atoms with Crippen LogP contribution in [0.25, 0.3) is 0 Å². The number of amides is 2. The standard InChI is InChI=1S/C25H29N3O4/c1-16(2)15-26-22(30)12-13-23(31)28-19-9-4-3-7-17(19)27-18-8-5-10-20(29)24(18)25(28)21-11-6-14-32-21/h3-4,6-7,9,11,14,16,25,27H,5,8,10,12-13,15H2,1-2H3,(H,26,30). The van der Waals surface area contributed by atoms with Crippen molar-refractivity contribution in [3.8, 4) is 0 Å². The van der Waals surface area contributed by atoms with E-state index in [-0.39, 0.29) is 30.4 Å². The van der Waals surface area contributed by atoms with Crippen molar-refractivity contribution >= 4 is 29.0 Å². The summed E-state index contributed by atoms with van der Waals surface area (Å²) in [4.78, 5) is 40.6. The van der Waals surface area contributed by atoms with E-state index in [4.69, 9.17) is 4.42 Å². The largest absolute Gasteiger partial charge is 0.467 e. The number of nitrogens with one attached hydrogen (secondary N) is 2. The lowest BCUT2D eigenvalue weighted by Crippen LogP contribution is -2.38. The molecule has 0 bridgehead atoms. The van der Waals surface area contributed by atoms with Crippen molar-refractivity contribution in [3.63, 3.8) is 0 Å². The molecule has 1 unspecified atom stereocenters. The number of para-hydroxylation sites is 2. The van der Waals surface area contributed by atoms with Gasteiger partial charge in [-0.2, -0.15) is 0 Å². The number of nitrogens with zero attached hydrogens (tertiary/aromatic N) is 1. The maximum Gasteiger partial charge on any atom is 0.228 e. The lowest BCUT2D eigenvalue weighted by molar-refractivity contribution is -0.125. The number of furan rings is 1. The minimum Gasteiger partial charge on any atom is -0.467 e. The number of allylic oxidation sites excluding steroid dienone is 1. The number of anilines is 2. The Morgan fingerprint density at radius 2 is 1.97 bits per heavy atom. The SMILES string of the molecule is CC(C)CNC(=O)CCC(=O)N1c2ccccc2NC2=C(C(=O)CCC2)C1c1ccco1. The maximum atomic E-state index is 13.6. The highest BCUT2D eigenvalue weighted by Crippen LogP contribution is 2.45. The summed E-state index contributed by atoms with van der Waals surface area (Å²) in [5.41, 5.74) is 2.84. The van der Waals surface area contributed by atoms with Gasteiger partial charge in [0.15, 0.2) is 5.78 Å². The quantitative estimate of drug-likeness (QED) is 0.704. The summed E-state index contributed by atoms with van der Waals surface area (Å²) in [5.74, 6) is 0.498. The Morgan fingerprint density at radius 1 is 1.16 bits per heavy atom. The summed E-state index contributed by atoms with van der Waals surface area (Å²) in [7, 11) is 0. The van der Waals surface area contributed by atoms with Crippen LogP contribution in [0.2, 0.25) is 0 Å². The van der Waals surface area contributed by atoms with Crippen LogP contribution in [0.1, 0.15) is 57.8 Å². The molecule has 2 aliphatic rings. The summed E-state index contributed by atoms with van der Waals surface area (Å²) in [6.07, 6.45) is 3.60. The van der Waals surface area contributed by atoms with Crippen LogP contribution in [0.4, 0.5) is 11.4 Å². The van der Waals surface area contributed by atoms with E-state index in [2.05, 4.69) is 10.6 Å². The van der Waals surface area contributed by atoms with Gasteiger partial charge in [-0.1, -0.05) is 26.0 Å². The van der Waals surface area contributed by atoms with Crippen molar-refractivity contribution in [2.75, 3.05) is 16.8 Å². The van der Waals surface area contributed by atoms with Crippen molar-refractivity contribution in [2.45, 2.75) is 52.0 Å². The first-order valence-electron chi connectivity index (χ1n) is 11.2. The van der Waals surface area contributed by atoms with E-state index in [9.17, 15) is 14.4 Å². The van der Waals surface area contributed by atoms with Gasteiger partial charge in [-0.15, -0.1) is 0 Å². The van der Waals surface area contributed by atoms with Crippen LogP contribution in [0, 0.1) is 5.92 Å². The summed E-state index contributed by atoms with van der Waals surface area (Å²) >= 11 is 0. The van der Waals surface area contributed by atoms with Gasteiger partial charge in [0, 0.05) is 37.1 Å². The first-order chi connectivity index (χ1) is 15.5. The molecule has 1 aromatic carbocycles. The number of rotatable bonds is 6. The molecular weight excluding hydrogens is 406 g/mol. The molecule has 0 saturated heterocycles. The van der Waals surface area contributed by atoms with Gasteiger partial charge in [-0.05, 0) is 43.0 Å². The lowest BCUT2D eigenvalue weighted by Gasteiger charge is -2.32. The first-order valence-corrected chi connectivity index (χ1v) is 11.2. The van der Waals surface area contributed by atoms with Crippen LogP contribution in [0.15, 0.2) is 58.3 Å². The maximum absolute atomic E-state index is 13.6. The Morgan fingerprint density at radius 3 is 2.72 bits per heavy atom. The number of benzene rings is 1. The highest BCUT2D eigenvalue weighted by Gasteiger charge is 2.40. The zero-order valence-corrected chi connectivity index (χ0v) is 18.5. The number of fused-ring (bicyclic) bond motifs is 1. The van der Waals surface area contributed by atoms with Crippen LogP contribution in [-0.4, -0.2) is 24.1 Å². The fraction of sp³-hybridized carbons (Fsp3) is 0.400. The molecule has 7 heteroatoms. The van der Waals surface area contributed by atoms with Gasteiger partial charge in [0.25, 0.3) is 0 Å². The van der Waals surface area contributed by atoms with E-state index in [1.807, 2.05) is 38.1 Å². The second kappa shape index (κ2) is 9.42. The fourth-order valence-corrected chi connectivity index (χ4v) is 4.27. The molecule has 2 heterocycles. The van der Waals surface area contributed by atoms with Crippen LogP contribution in [0.5, 0.6) is 0 Å². The average Bonchev–Trinajstić information content (AvgIpc) is 3.25. The summed E-state index contributed by atoms with van der Waals surface area (Å²) in [6, 6.07) is 10.4. The van der Waals surface area contributed by atoms with E-state index >= 15 is 0 Å². The molecule has 0 saturated carbocycles. The van der Waals surface area contributed by atoms with Crippen molar-refractivity contribution in [2.24, 2.45) is 5.92 Å². The second-order valence-electron chi connectivity index (χ2n) is 8.69. The summed E-state index contributed by atoms with van der Waals surface area (Å²) in [5, 5.41) is 6.27. The third kappa shape index (κ3) is 4.47. The molecule has 2 amide bonds. The number of ketones is 1. The Bertz CT molecular complexity index is 1040. The Kier molecular flexibility index (Phi) is 6.44. The minimum absolute atomic E-state index is 0.0143. The van der Waals surface area contributed by atoms with Crippen molar-refractivity contribution in [1.82, 2.24) is 5.32 Å². The predicted molar refractivity (Wildman–Crippen MR) is 122 cm³/mol. The van der Waals surface area contributed by atoms with E-state index < -0.39 is 6.04 Å². The van der Waals surface area contributed by atoms with Crippen molar-refractivity contribution in [3.05, 3.63) is 59.7 Å². The first kappa shape index (κ1) is 21.9. The Balaban J connectivity index is 1.72. The van der Waals surface area contributed by atoms with Crippen LogP contribution in [0.3, 0.4) is 0 Å². The minimum atomic E-state index is -0.671. The Labute approximate surface area is 187 Å². The molecule has 1 aliphatic heterocycles. The molecule has 1 aliphatic carbocycles. The molecular formula is C25H29N3O4. The van der Waals surface area contributed by atoms with E-state index in [1.165, 1.54) is 0 Å². The van der Waals surface area contributed by atoms with Gasteiger partial charge in [0.05, 0.1) is 17.6 Å². The van der Waals surface area contributed by atoms with E-state index in [0.29, 0.717) is 35.9 Å². The normalized spacial score (nSPS) is 18.0. The third-order valence-electron chi connectivity index (χ3n) is 5.79. The molecule has 2 N–H and O–H groups in total. The number of Topliss-reactive ketones (excluding diaryl/α,β-unsaturated/α-hetero) is 1. The lowest BCUT2D eigenvalue weighted by atomic mass is 9.88. The molecule has 168 valence electrons. The molecule has 7 nitrogen and oxygen atoms in total. The molecule has 0 radical (unpaired) electrons. The average molecular weight is 436 g/mol. The molecule has 0 fully saturated rings. The smallest absolute Gasteiger partial charge is 0.228 e. The van der Waals surface area contributed by atoms with Gasteiger partial charge in [0.2, 0.25) is 11.8 Å². The molecule has 2 aromatic rings. The van der Waals surface area contributed by atoms with Crippen molar-refractivity contribution in [1.29, 1.82) is 0 Å². The molecule has 1 atom stereocenters. The van der Waals surface area contributed by atoms with Crippen LogP contribution in [-0.2, 0) is 14.4 Å². The van der Waals surface area contributed by atoms with Gasteiger partial charge in [-0.3, -0.25) is 19.3 Å². The number of carbonyl (C=O) groups is 3. The van der Waals surface area contributed by atoms with Crippen LogP contribution < -0.4 is 15.5 Å². The van der Waals surface area contributed by atoms with Crippen molar-refractivity contribution < 1.29 is 18.8 Å². The van der Waals surface area contributed by atoms with Gasteiger partial charge < -0.3 is 15.1 Å². The molecule has 32 heavy (non-hydrogen) atoms. The highest BCUT2D eigenvalue weighted by molar-refractivity contribution is 6.06. The highest BCUT2D eigenvalue weighted by atomic mass is 16.3. The predicted octanol–water partition coefficient (Wildman–Crippen LogP) is 4.34. The third-order valence-corrected chi connectivity index (χ3v) is 5.79. The second-order valence-corrected chi connectivity index (χ2v) is 8.69. The Hall–Kier alpha value is -3.35. The van der Waals surface area contributed by atoms with Gasteiger partial charge in [-0.25, -0.2) is 0 Å². The zero-order chi connectivity index (χ0) is 22.7. The topological polar surface area (TPSA) is 91.7 Å².